The first-order valence-electron chi connectivity index (χ1n) is 11.4. The molecular weight excluding hydrogens is 513 g/mol. The molecule has 4 aromatic carbocycles. The van der Waals surface area contributed by atoms with Crippen molar-refractivity contribution in [1.82, 2.24) is 4.31 Å². The van der Waals surface area contributed by atoms with Crippen LogP contribution in [0.15, 0.2) is 114 Å². The van der Waals surface area contributed by atoms with Gasteiger partial charge in [-0.05, 0) is 48.9 Å². The zero-order valence-electron chi connectivity index (χ0n) is 19.4. The molecule has 0 unspecified atom stereocenters. The summed E-state index contributed by atoms with van der Waals surface area (Å²) in [5.41, 5.74) is 3.10. The number of hydrogen-bond acceptors (Lipinski definition) is 3. The topological polar surface area (TPSA) is 46.6 Å². The standard InChI is InChI=1S/C29H23Cl2NO3S/c1-20-11-17-24(18-12-20)36(33,34)32-27(25-9-5-6-10-26(25)31)19-28(21-7-3-2-4-8-21)35-29(32)22-13-15-23(30)16-14-22/h2-19,27,29H,1H3/t27-,29-/m0/s1. The van der Waals surface area contributed by atoms with Crippen LogP contribution < -0.4 is 0 Å². The maximum atomic E-state index is 14.2. The summed E-state index contributed by atoms with van der Waals surface area (Å²) in [6.07, 6.45) is 0.851. The molecule has 0 aromatic heterocycles. The van der Waals surface area contributed by atoms with Crippen LogP contribution in [0.1, 0.15) is 34.5 Å². The van der Waals surface area contributed by atoms with E-state index in [1.54, 1.807) is 54.6 Å². The third-order valence-corrected chi connectivity index (χ3v) is 8.52. The van der Waals surface area contributed by atoms with E-state index in [9.17, 15) is 8.42 Å². The molecule has 0 fully saturated rings. The number of halogens is 2. The number of ether oxygens (including phenoxy) is 1. The minimum Gasteiger partial charge on any atom is -0.470 e. The number of rotatable bonds is 5. The van der Waals surface area contributed by atoms with E-state index in [4.69, 9.17) is 27.9 Å². The zero-order valence-corrected chi connectivity index (χ0v) is 21.7. The predicted octanol–water partition coefficient (Wildman–Crippen LogP) is 7.80. The Morgan fingerprint density at radius 2 is 1.42 bits per heavy atom. The van der Waals surface area contributed by atoms with Crippen LogP contribution in [0.5, 0.6) is 0 Å². The van der Waals surface area contributed by atoms with E-state index >= 15 is 0 Å². The Morgan fingerprint density at radius 1 is 0.778 bits per heavy atom. The molecule has 1 heterocycles. The van der Waals surface area contributed by atoms with Crippen molar-refractivity contribution in [3.8, 4) is 0 Å². The van der Waals surface area contributed by atoms with Crippen LogP contribution in [0, 0.1) is 6.92 Å². The molecule has 1 aliphatic rings. The lowest BCUT2D eigenvalue weighted by molar-refractivity contribution is 0.0295. The molecular formula is C29H23Cl2NO3S. The lowest BCUT2D eigenvalue weighted by Crippen LogP contribution is -2.41. The largest absolute Gasteiger partial charge is 0.470 e. The van der Waals surface area contributed by atoms with E-state index in [2.05, 4.69) is 0 Å². The van der Waals surface area contributed by atoms with Gasteiger partial charge in [0.15, 0.2) is 6.23 Å². The van der Waals surface area contributed by atoms with E-state index in [0.29, 0.717) is 26.9 Å². The summed E-state index contributed by atoms with van der Waals surface area (Å²) >= 11 is 12.8. The fourth-order valence-corrected chi connectivity index (χ4v) is 6.22. The van der Waals surface area contributed by atoms with Crippen molar-refractivity contribution in [2.45, 2.75) is 24.1 Å². The van der Waals surface area contributed by atoms with Gasteiger partial charge < -0.3 is 4.74 Å². The van der Waals surface area contributed by atoms with Crippen molar-refractivity contribution in [2.75, 3.05) is 0 Å². The number of nitrogens with zero attached hydrogens (tertiary/aromatic N) is 1. The molecule has 0 amide bonds. The van der Waals surface area contributed by atoms with Gasteiger partial charge in [0.05, 0.1) is 10.9 Å². The maximum Gasteiger partial charge on any atom is 0.247 e. The van der Waals surface area contributed by atoms with Crippen LogP contribution >= 0.6 is 23.2 Å². The van der Waals surface area contributed by atoms with Gasteiger partial charge in [0, 0.05) is 21.2 Å². The van der Waals surface area contributed by atoms with E-state index in [1.807, 2.05) is 61.5 Å². The van der Waals surface area contributed by atoms with Crippen molar-refractivity contribution in [3.63, 3.8) is 0 Å². The highest BCUT2D eigenvalue weighted by atomic mass is 35.5. The molecule has 4 aromatic rings. The summed E-state index contributed by atoms with van der Waals surface area (Å²) in [6, 6.07) is 30.0. The number of aryl methyl sites for hydroxylation is 1. The minimum absolute atomic E-state index is 0.171. The SMILES string of the molecule is Cc1ccc(S(=O)(=O)N2[C@H](c3ccccc3Cl)C=C(c3ccccc3)O[C@H]2c2ccc(Cl)cc2)cc1. The Kier molecular flexibility index (Phi) is 6.91. The quantitative estimate of drug-likeness (QED) is 0.261. The van der Waals surface area contributed by atoms with Crippen molar-refractivity contribution >= 4 is 39.0 Å². The molecule has 0 radical (unpaired) electrons. The molecule has 0 saturated carbocycles. The Hall–Kier alpha value is -3.09. The second-order valence-electron chi connectivity index (χ2n) is 8.53. The van der Waals surface area contributed by atoms with Crippen LogP contribution in [-0.2, 0) is 14.8 Å². The van der Waals surface area contributed by atoms with Gasteiger partial charge in [-0.15, -0.1) is 4.31 Å². The van der Waals surface area contributed by atoms with Crippen LogP contribution in [0.25, 0.3) is 5.76 Å². The van der Waals surface area contributed by atoms with Gasteiger partial charge in [0.25, 0.3) is 0 Å². The van der Waals surface area contributed by atoms with Crippen molar-refractivity contribution in [2.24, 2.45) is 0 Å². The molecule has 182 valence electrons. The zero-order chi connectivity index (χ0) is 25.3. The smallest absolute Gasteiger partial charge is 0.247 e. The summed E-state index contributed by atoms with van der Waals surface area (Å²) in [5, 5.41) is 1.01. The van der Waals surface area contributed by atoms with Gasteiger partial charge in [0.1, 0.15) is 5.76 Å². The molecule has 7 heteroatoms. The van der Waals surface area contributed by atoms with Crippen molar-refractivity contribution in [3.05, 3.63) is 142 Å². The van der Waals surface area contributed by atoms with Crippen LogP contribution in [0.4, 0.5) is 0 Å². The number of hydrogen-bond donors (Lipinski definition) is 0. The van der Waals surface area contributed by atoms with Gasteiger partial charge in [0.2, 0.25) is 10.0 Å². The Labute approximate surface area is 221 Å². The van der Waals surface area contributed by atoms with Crippen molar-refractivity contribution < 1.29 is 13.2 Å². The first-order valence-corrected chi connectivity index (χ1v) is 13.6. The lowest BCUT2D eigenvalue weighted by atomic mass is 10.0. The summed E-state index contributed by atoms with van der Waals surface area (Å²) in [4.78, 5) is 0.171. The normalized spacial score (nSPS) is 18.4. The fraction of sp³-hybridized carbons (Fsp3) is 0.103. The molecule has 0 aliphatic carbocycles. The first kappa shape index (κ1) is 24.6. The fourth-order valence-electron chi connectivity index (χ4n) is 4.23. The van der Waals surface area contributed by atoms with Gasteiger partial charge in [-0.25, -0.2) is 8.42 Å². The molecule has 4 nitrogen and oxygen atoms in total. The van der Waals surface area contributed by atoms with Gasteiger partial charge in [-0.2, -0.15) is 0 Å². The molecule has 2 atom stereocenters. The highest BCUT2D eigenvalue weighted by Crippen LogP contribution is 2.46. The Balaban J connectivity index is 1.76. The molecule has 36 heavy (non-hydrogen) atoms. The average Bonchev–Trinajstić information content (AvgIpc) is 2.89. The Morgan fingerprint density at radius 3 is 2.08 bits per heavy atom. The number of benzene rings is 4. The van der Waals surface area contributed by atoms with E-state index < -0.39 is 22.3 Å². The van der Waals surface area contributed by atoms with Crippen LogP contribution in [-0.4, -0.2) is 12.7 Å². The number of sulfonamides is 1. The third-order valence-electron chi connectivity index (χ3n) is 6.09. The predicted molar refractivity (Wildman–Crippen MR) is 144 cm³/mol. The van der Waals surface area contributed by atoms with Crippen LogP contribution in [0.3, 0.4) is 0 Å². The second kappa shape index (κ2) is 10.1. The molecule has 1 aliphatic heterocycles. The average molecular weight is 536 g/mol. The molecule has 0 bridgehead atoms. The third kappa shape index (κ3) is 4.80. The molecule has 5 rings (SSSR count). The second-order valence-corrected chi connectivity index (χ2v) is 11.2. The maximum absolute atomic E-state index is 14.2. The first-order chi connectivity index (χ1) is 17.3. The highest BCUT2D eigenvalue weighted by molar-refractivity contribution is 7.89. The molecule has 0 saturated heterocycles. The lowest BCUT2D eigenvalue weighted by Gasteiger charge is -2.40. The van der Waals surface area contributed by atoms with Crippen molar-refractivity contribution in [1.29, 1.82) is 0 Å². The molecule has 0 spiro atoms. The summed E-state index contributed by atoms with van der Waals surface area (Å²) in [7, 11) is -4.03. The summed E-state index contributed by atoms with van der Waals surface area (Å²) < 4.78 is 36.3. The van der Waals surface area contributed by atoms with Gasteiger partial charge in [-0.1, -0.05) is 102 Å². The van der Waals surface area contributed by atoms with Gasteiger partial charge in [-0.3, -0.25) is 0 Å². The summed E-state index contributed by atoms with van der Waals surface area (Å²) in [6.45, 7) is 1.92. The van der Waals surface area contributed by atoms with E-state index in [-0.39, 0.29) is 4.90 Å². The van der Waals surface area contributed by atoms with Gasteiger partial charge >= 0.3 is 0 Å². The Bertz CT molecular complexity index is 1500. The van der Waals surface area contributed by atoms with E-state index in [1.165, 1.54) is 4.31 Å². The highest BCUT2D eigenvalue weighted by Gasteiger charge is 2.43. The minimum atomic E-state index is -4.03. The molecule has 0 N–H and O–H groups in total. The van der Waals surface area contributed by atoms with Crippen LogP contribution in [0.2, 0.25) is 10.0 Å². The van der Waals surface area contributed by atoms with E-state index in [0.717, 1.165) is 11.1 Å². The summed E-state index contributed by atoms with van der Waals surface area (Å²) in [5.74, 6) is 0.566. The monoisotopic (exact) mass is 535 g/mol.